The van der Waals surface area contributed by atoms with E-state index in [0.717, 1.165) is 25.7 Å². The van der Waals surface area contributed by atoms with E-state index < -0.39 is 0 Å². The van der Waals surface area contributed by atoms with Crippen LogP contribution in [0.15, 0.2) is 0 Å². The first-order chi connectivity index (χ1) is 11.3. The van der Waals surface area contributed by atoms with Gasteiger partial charge in [-0.15, -0.1) is 0 Å². The van der Waals surface area contributed by atoms with Crippen LogP contribution >= 0.6 is 0 Å². The summed E-state index contributed by atoms with van der Waals surface area (Å²) in [5.41, 5.74) is -0.0349. The minimum Gasteiger partial charge on any atom is -0.469 e. The van der Waals surface area contributed by atoms with Gasteiger partial charge in [0.1, 0.15) is 0 Å². The first kappa shape index (κ1) is 16.9. The highest BCUT2D eigenvalue weighted by molar-refractivity contribution is 5.77. The van der Waals surface area contributed by atoms with E-state index in [2.05, 4.69) is 20.8 Å². The number of hydrogen-bond donors (Lipinski definition) is 1. The second-order valence-electron chi connectivity index (χ2n) is 9.99. The molecule has 0 aromatic rings. The average Bonchev–Trinajstić information content (AvgIpc) is 2.74. The molecule has 4 fully saturated rings. The van der Waals surface area contributed by atoms with Crippen molar-refractivity contribution in [3.8, 4) is 0 Å². The number of hydrogen-bond acceptors (Lipinski definition) is 3. The number of carbonyl (C=O) groups is 1. The van der Waals surface area contributed by atoms with Crippen molar-refractivity contribution in [2.45, 2.75) is 78.2 Å². The zero-order valence-electron chi connectivity index (χ0n) is 15.8. The predicted molar refractivity (Wildman–Crippen MR) is 93.2 cm³/mol. The average molecular weight is 334 g/mol. The summed E-state index contributed by atoms with van der Waals surface area (Å²) in [6.45, 7) is 6.86. The topological polar surface area (TPSA) is 46.5 Å². The van der Waals surface area contributed by atoms with E-state index in [1.165, 1.54) is 32.8 Å². The van der Waals surface area contributed by atoms with Crippen LogP contribution in [0, 0.1) is 39.9 Å². The number of aliphatic hydroxyl groups excluding tert-OH is 1. The third-order valence-electron chi connectivity index (χ3n) is 9.32. The highest BCUT2D eigenvalue weighted by atomic mass is 16.5. The van der Waals surface area contributed by atoms with Crippen molar-refractivity contribution in [1.29, 1.82) is 0 Å². The molecule has 2 bridgehead atoms. The number of aliphatic hydroxyl groups is 1. The molecule has 0 aromatic heterocycles. The summed E-state index contributed by atoms with van der Waals surface area (Å²) >= 11 is 0. The molecule has 4 aliphatic rings. The largest absolute Gasteiger partial charge is 0.469 e. The Kier molecular flexibility index (Phi) is 3.67. The van der Waals surface area contributed by atoms with Crippen LogP contribution in [0.1, 0.15) is 72.1 Å². The van der Waals surface area contributed by atoms with Gasteiger partial charge in [0, 0.05) is 5.41 Å². The second kappa shape index (κ2) is 5.22. The third kappa shape index (κ3) is 1.86. The lowest BCUT2D eigenvalue weighted by Crippen LogP contribution is -2.60. The van der Waals surface area contributed by atoms with Gasteiger partial charge in [-0.1, -0.05) is 20.3 Å². The third-order valence-corrected chi connectivity index (χ3v) is 9.32. The quantitative estimate of drug-likeness (QED) is 0.732. The first-order valence-electron chi connectivity index (χ1n) is 10.1. The number of methoxy groups -OCH3 is 1. The fourth-order valence-corrected chi connectivity index (χ4v) is 8.24. The van der Waals surface area contributed by atoms with Gasteiger partial charge in [0.15, 0.2) is 0 Å². The van der Waals surface area contributed by atoms with Crippen molar-refractivity contribution in [1.82, 2.24) is 0 Å². The Bertz CT molecular complexity index is 545. The minimum atomic E-state index is -0.338. The van der Waals surface area contributed by atoms with Gasteiger partial charge in [-0.25, -0.2) is 0 Å². The van der Waals surface area contributed by atoms with Crippen LogP contribution in [-0.4, -0.2) is 24.3 Å². The summed E-state index contributed by atoms with van der Waals surface area (Å²) < 4.78 is 5.23. The Morgan fingerprint density at radius 1 is 1.08 bits per heavy atom. The Morgan fingerprint density at radius 3 is 2.54 bits per heavy atom. The van der Waals surface area contributed by atoms with Crippen LogP contribution in [-0.2, 0) is 9.53 Å². The van der Waals surface area contributed by atoms with Crippen LogP contribution in [0.3, 0.4) is 0 Å². The number of fused-ring (bicyclic) bond motifs is 3. The number of carbonyl (C=O) groups excluding carboxylic acids is 1. The molecular weight excluding hydrogens is 300 g/mol. The van der Waals surface area contributed by atoms with E-state index in [4.69, 9.17) is 4.74 Å². The van der Waals surface area contributed by atoms with Crippen molar-refractivity contribution in [2.75, 3.05) is 7.11 Å². The monoisotopic (exact) mass is 334 g/mol. The Balaban J connectivity index is 1.74. The van der Waals surface area contributed by atoms with E-state index >= 15 is 0 Å². The second-order valence-corrected chi connectivity index (χ2v) is 9.99. The molecule has 4 aliphatic carbocycles. The van der Waals surface area contributed by atoms with E-state index in [0.29, 0.717) is 23.7 Å². The summed E-state index contributed by atoms with van der Waals surface area (Å²) in [5, 5.41) is 11.2. The number of rotatable bonds is 1. The van der Waals surface area contributed by atoms with Crippen LogP contribution < -0.4 is 0 Å². The van der Waals surface area contributed by atoms with Gasteiger partial charge >= 0.3 is 5.97 Å². The van der Waals surface area contributed by atoms with Gasteiger partial charge in [-0.3, -0.25) is 4.79 Å². The van der Waals surface area contributed by atoms with Crippen LogP contribution in [0.25, 0.3) is 0 Å². The Morgan fingerprint density at radius 2 is 1.83 bits per heavy atom. The SMILES string of the molecule is COC(=O)[C@]1(C)CCC[C@@]2(C)[C@@H]3CC[C@@H]4C[C@@]3(CC[C@@H]21)[C@@H](O)[C@H]4C. The van der Waals surface area contributed by atoms with E-state index in [1.54, 1.807) is 0 Å². The fraction of sp³-hybridized carbons (Fsp3) is 0.952. The van der Waals surface area contributed by atoms with Crippen molar-refractivity contribution >= 4 is 5.97 Å². The molecule has 1 spiro atoms. The molecule has 3 nitrogen and oxygen atoms in total. The van der Waals surface area contributed by atoms with Crippen molar-refractivity contribution in [3.05, 3.63) is 0 Å². The predicted octanol–water partition coefficient (Wildman–Crippen LogP) is 4.18. The molecule has 0 amide bonds. The van der Waals surface area contributed by atoms with Gasteiger partial charge in [-0.05, 0) is 81.0 Å². The normalized spacial score (nSPS) is 56.3. The van der Waals surface area contributed by atoms with E-state index in [1.807, 2.05) is 0 Å². The van der Waals surface area contributed by atoms with E-state index in [-0.39, 0.29) is 28.3 Å². The molecule has 3 heteroatoms. The minimum absolute atomic E-state index is 0.0107. The molecular formula is C21H34O3. The molecule has 24 heavy (non-hydrogen) atoms. The Hall–Kier alpha value is -0.570. The van der Waals surface area contributed by atoms with Gasteiger partial charge in [0.25, 0.3) is 0 Å². The highest BCUT2D eigenvalue weighted by Crippen LogP contribution is 2.72. The molecule has 8 atom stereocenters. The van der Waals surface area contributed by atoms with Gasteiger partial charge < -0.3 is 9.84 Å². The standard InChI is InChI=1S/C21H34O3/c1-13-14-6-7-16-19(2)9-5-10-20(3,18(23)24-4)15(19)8-11-21(16,12-14)17(13)22/h13-17,22H,5-12H2,1-4H3/t13-,14+,15-,16-,17-,19+,20+,21+/m0/s1. The summed E-state index contributed by atoms with van der Waals surface area (Å²) in [6.07, 6.45) is 9.06. The van der Waals surface area contributed by atoms with Crippen LogP contribution in [0.2, 0.25) is 0 Å². The molecule has 0 radical (unpaired) electrons. The summed E-state index contributed by atoms with van der Waals surface area (Å²) in [4.78, 5) is 12.6. The zero-order chi connectivity index (χ0) is 17.3. The van der Waals surface area contributed by atoms with Gasteiger partial charge in [0.05, 0.1) is 18.6 Å². The maximum atomic E-state index is 12.6. The molecule has 0 aliphatic heterocycles. The van der Waals surface area contributed by atoms with Crippen molar-refractivity contribution < 1.29 is 14.6 Å². The van der Waals surface area contributed by atoms with E-state index in [9.17, 15) is 9.90 Å². The molecule has 0 aromatic carbocycles. The molecule has 1 N–H and O–H groups in total. The lowest BCUT2D eigenvalue weighted by Gasteiger charge is -2.64. The summed E-state index contributed by atoms with van der Waals surface area (Å²) in [5.74, 6) is 2.13. The molecule has 0 unspecified atom stereocenters. The molecule has 0 saturated heterocycles. The molecule has 4 saturated carbocycles. The maximum Gasteiger partial charge on any atom is 0.311 e. The lowest BCUT2D eigenvalue weighted by molar-refractivity contribution is -0.193. The van der Waals surface area contributed by atoms with Crippen molar-refractivity contribution in [2.24, 2.45) is 39.9 Å². The van der Waals surface area contributed by atoms with Crippen LogP contribution in [0.5, 0.6) is 0 Å². The summed E-state index contributed by atoms with van der Waals surface area (Å²) in [6, 6.07) is 0. The lowest BCUT2D eigenvalue weighted by atomic mass is 9.40. The van der Waals surface area contributed by atoms with Gasteiger partial charge in [-0.2, -0.15) is 0 Å². The summed E-state index contributed by atoms with van der Waals surface area (Å²) in [7, 11) is 1.54. The molecule has 0 heterocycles. The maximum absolute atomic E-state index is 12.6. The smallest absolute Gasteiger partial charge is 0.311 e. The zero-order valence-corrected chi connectivity index (χ0v) is 15.8. The molecule has 136 valence electrons. The Labute approximate surface area is 146 Å². The number of esters is 1. The highest BCUT2D eigenvalue weighted by Gasteiger charge is 2.68. The van der Waals surface area contributed by atoms with Crippen molar-refractivity contribution in [3.63, 3.8) is 0 Å². The van der Waals surface area contributed by atoms with Gasteiger partial charge in [0.2, 0.25) is 0 Å². The fourth-order valence-electron chi connectivity index (χ4n) is 8.24. The first-order valence-corrected chi connectivity index (χ1v) is 10.1. The molecule has 4 rings (SSSR count). The number of ether oxygens (including phenoxy) is 1. The van der Waals surface area contributed by atoms with Crippen LogP contribution in [0.4, 0.5) is 0 Å².